The molecule has 0 bridgehead atoms. The first kappa shape index (κ1) is 23.6. The lowest BCUT2D eigenvalue weighted by Gasteiger charge is -2.10. The predicted octanol–water partition coefficient (Wildman–Crippen LogP) is 5.70. The van der Waals surface area contributed by atoms with Gasteiger partial charge >= 0.3 is 11.8 Å². The summed E-state index contributed by atoms with van der Waals surface area (Å²) < 4.78 is 5.74. The van der Waals surface area contributed by atoms with E-state index in [1.54, 1.807) is 73.7 Å². The largest absolute Gasteiger partial charge is 0.489 e. The Bertz CT molecular complexity index is 1130. The van der Waals surface area contributed by atoms with Gasteiger partial charge in [0.05, 0.1) is 5.71 Å². The van der Waals surface area contributed by atoms with Gasteiger partial charge in [0.1, 0.15) is 12.4 Å². The van der Waals surface area contributed by atoms with Crippen LogP contribution in [0.3, 0.4) is 0 Å². The number of carbonyl (C=O) groups is 2. The first-order valence-corrected chi connectivity index (χ1v) is 10.5. The van der Waals surface area contributed by atoms with E-state index in [2.05, 4.69) is 15.8 Å². The number of hydrogen-bond donors (Lipinski definition) is 2. The Labute approximate surface area is 200 Å². The van der Waals surface area contributed by atoms with Crippen molar-refractivity contribution in [3.8, 4) is 5.75 Å². The number of ether oxygens (including phenoxy) is 1. The summed E-state index contributed by atoms with van der Waals surface area (Å²) in [7, 11) is 0. The molecular formula is C23H18Cl3N3O3. The number of benzene rings is 3. The van der Waals surface area contributed by atoms with E-state index < -0.39 is 11.8 Å². The van der Waals surface area contributed by atoms with Gasteiger partial charge in [-0.25, -0.2) is 5.43 Å². The normalized spacial score (nSPS) is 11.1. The third-order valence-corrected chi connectivity index (χ3v) is 5.31. The minimum absolute atomic E-state index is 0.226. The van der Waals surface area contributed by atoms with Crippen molar-refractivity contribution in [2.24, 2.45) is 5.10 Å². The Morgan fingerprint density at radius 2 is 1.50 bits per heavy atom. The topological polar surface area (TPSA) is 79.8 Å². The predicted molar refractivity (Wildman–Crippen MR) is 128 cm³/mol. The van der Waals surface area contributed by atoms with Crippen LogP contribution in [0, 0.1) is 0 Å². The van der Waals surface area contributed by atoms with Crippen molar-refractivity contribution < 1.29 is 14.3 Å². The SMILES string of the molecule is CC(=NNC(=O)C(=O)Nc1ccc(Cl)cc1)c1ccc(OCc2c(Cl)cccc2Cl)cc1. The summed E-state index contributed by atoms with van der Waals surface area (Å²) in [5, 5.41) is 8.03. The highest BCUT2D eigenvalue weighted by molar-refractivity contribution is 6.39. The maximum absolute atomic E-state index is 12.0. The third-order valence-electron chi connectivity index (χ3n) is 4.35. The molecule has 3 aromatic carbocycles. The molecular weight excluding hydrogens is 473 g/mol. The number of nitrogens with zero attached hydrogens (tertiary/aromatic N) is 1. The average Bonchev–Trinajstić information content (AvgIpc) is 2.78. The molecule has 32 heavy (non-hydrogen) atoms. The van der Waals surface area contributed by atoms with Crippen molar-refractivity contribution in [1.29, 1.82) is 0 Å². The molecule has 0 spiro atoms. The third kappa shape index (κ3) is 6.47. The standard InChI is InChI=1S/C23H18Cl3N3O3/c1-14(28-29-23(31)22(30)27-17-9-7-16(24)8-10-17)15-5-11-18(12-6-15)32-13-19-20(25)3-2-4-21(19)26/h2-12H,13H2,1H3,(H,27,30)(H,29,31). The molecule has 9 heteroatoms. The number of halogens is 3. The number of anilines is 1. The van der Waals surface area contributed by atoms with Crippen molar-refractivity contribution in [3.05, 3.63) is 92.9 Å². The first-order valence-electron chi connectivity index (χ1n) is 9.41. The Morgan fingerprint density at radius 1 is 0.875 bits per heavy atom. The molecule has 0 fully saturated rings. The van der Waals surface area contributed by atoms with Crippen LogP contribution in [0.25, 0.3) is 0 Å². The van der Waals surface area contributed by atoms with Crippen LogP contribution in [-0.4, -0.2) is 17.5 Å². The van der Waals surface area contributed by atoms with Gasteiger partial charge in [0.2, 0.25) is 0 Å². The van der Waals surface area contributed by atoms with Gasteiger partial charge in [-0.1, -0.05) is 40.9 Å². The summed E-state index contributed by atoms with van der Waals surface area (Å²) >= 11 is 18.1. The van der Waals surface area contributed by atoms with Crippen molar-refractivity contribution in [2.45, 2.75) is 13.5 Å². The molecule has 0 radical (unpaired) electrons. The second-order valence-corrected chi connectivity index (χ2v) is 7.86. The second-order valence-electron chi connectivity index (χ2n) is 6.61. The van der Waals surface area contributed by atoms with E-state index in [0.29, 0.717) is 37.8 Å². The van der Waals surface area contributed by atoms with E-state index >= 15 is 0 Å². The van der Waals surface area contributed by atoms with Crippen molar-refractivity contribution in [3.63, 3.8) is 0 Å². The molecule has 0 aliphatic carbocycles. The molecule has 3 aromatic rings. The van der Waals surface area contributed by atoms with Gasteiger partial charge in [0.25, 0.3) is 0 Å². The Kier molecular flexibility index (Phi) is 8.11. The molecule has 0 aliphatic heterocycles. The molecule has 164 valence electrons. The van der Waals surface area contributed by atoms with Crippen LogP contribution >= 0.6 is 34.8 Å². The number of rotatable bonds is 6. The summed E-state index contributed by atoms with van der Waals surface area (Å²) in [6.07, 6.45) is 0. The highest BCUT2D eigenvalue weighted by atomic mass is 35.5. The van der Waals surface area contributed by atoms with Crippen LogP contribution < -0.4 is 15.5 Å². The van der Waals surface area contributed by atoms with E-state index in [1.165, 1.54) is 0 Å². The fourth-order valence-electron chi connectivity index (χ4n) is 2.59. The highest BCUT2D eigenvalue weighted by Crippen LogP contribution is 2.26. The minimum Gasteiger partial charge on any atom is -0.489 e. The number of hydrazone groups is 1. The van der Waals surface area contributed by atoms with Crippen LogP contribution in [0.15, 0.2) is 71.8 Å². The Morgan fingerprint density at radius 3 is 2.12 bits per heavy atom. The Hall–Kier alpha value is -3.06. The smallest absolute Gasteiger partial charge is 0.329 e. The molecule has 0 heterocycles. The van der Waals surface area contributed by atoms with Gasteiger partial charge in [-0.05, 0) is 73.2 Å². The van der Waals surface area contributed by atoms with E-state index in [9.17, 15) is 9.59 Å². The highest BCUT2D eigenvalue weighted by Gasteiger charge is 2.13. The maximum Gasteiger partial charge on any atom is 0.329 e. The van der Waals surface area contributed by atoms with Crippen molar-refractivity contribution in [2.75, 3.05) is 5.32 Å². The second kappa shape index (κ2) is 11.0. The van der Waals surface area contributed by atoms with Crippen LogP contribution in [-0.2, 0) is 16.2 Å². The van der Waals surface area contributed by atoms with Gasteiger partial charge in [-0.2, -0.15) is 5.10 Å². The molecule has 0 atom stereocenters. The molecule has 2 N–H and O–H groups in total. The van der Waals surface area contributed by atoms with E-state index in [0.717, 1.165) is 5.56 Å². The van der Waals surface area contributed by atoms with Gasteiger partial charge in [0, 0.05) is 26.3 Å². The lowest BCUT2D eigenvalue weighted by Crippen LogP contribution is -2.32. The fourth-order valence-corrected chi connectivity index (χ4v) is 3.22. The minimum atomic E-state index is -0.893. The van der Waals surface area contributed by atoms with Crippen LogP contribution in [0.5, 0.6) is 5.75 Å². The number of nitrogens with one attached hydrogen (secondary N) is 2. The van der Waals surface area contributed by atoms with Crippen LogP contribution in [0.4, 0.5) is 5.69 Å². The van der Waals surface area contributed by atoms with Crippen molar-refractivity contribution >= 4 is 58.0 Å². The van der Waals surface area contributed by atoms with Crippen molar-refractivity contribution in [1.82, 2.24) is 5.43 Å². The molecule has 0 saturated carbocycles. The van der Waals surface area contributed by atoms with Gasteiger partial charge < -0.3 is 10.1 Å². The van der Waals surface area contributed by atoms with Gasteiger partial charge in [-0.3, -0.25) is 9.59 Å². The number of hydrogen-bond acceptors (Lipinski definition) is 4. The molecule has 0 aliphatic rings. The molecule has 6 nitrogen and oxygen atoms in total. The molecule has 2 amide bonds. The van der Waals surface area contributed by atoms with Gasteiger partial charge in [-0.15, -0.1) is 0 Å². The zero-order valence-corrected chi connectivity index (χ0v) is 19.1. The molecule has 3 rings (SSSR count). The Balaban J connectivity index is 1.55. The summed E-state index contributed by atoms with van der Waals surface area (Å²) in [5.41, 5.74) is 4.64. The van der Waals surface area contributed by atoms with Crippen LogP contribution in [0.1, 0.15) is 18.1 Å². The summed E-state index contributed by atoms with van der Waals surface area (Å²) in [4.78, 5) is 23.9. The maximum atomic E-state index is 12.0. The zero-order chi connectivity index (χ0) is 23.1. The molecule has 0 saturated heterocycles. The number of amides is 2. The lowest BCUT2D eigenvalue weighted by molar-refractivity contribution is -0.136. The monoisotopic (exact) mass is 489 g/mol. The van der Waals surface area contributed by atoms with E-state index in [4.69, 9.17) is 39.5 Å². The fraction of sp³-hybridized carbons (Fsp3) is 0.0870. The average molecular weight is 491 g/mol. The molecule has 0 unspecified atom stereocenters. The summed E-state index contributed by atoms with van der Waals surface area (Å²) in [6.45, 7) is 1.93. The molecule has 0 aromatic heterocycles. The van der Waals surface area contributed by atoms with E-state index in [1.807, 2.05) is 0 Å². The zero-order valence-electron chi connectivity index (χ0n) is 16.9. The van der Waals surface area contributed by atoms with E-state index in [-0.39, 0.29) is 6.61 Å². The van der Waals surface area contributed by atoms with Crippen LogP contribution in [0.2, 0.25) is 15.1 Å². The summed E-state index contributed by atoms with van der Waals surface area (Å²) in [6, 6.07) is 18.7. The van der Waals surface area contributed by atoms with Gasteiger partial charge in [0.15, 0.2) is 0 Å². The quantitative estimate of drug-likeness (QED) is 0.264. The number of carbonyl (C=O) groups excluding carboxylic acids is 2. The summed E-state index contributed by atoms with van der Waals surface area (Å²) in [5.74, 6) is -1.12. The lowest BCUT2D eigenvalue weighted by atomic mass is 10.1. The first-order chi connectivity index (χ1) is 15.3.